The Bertz CT molecular complexity index is 541. The lowest BCUT2D eigenvalue weighted by Crippen LogP contribution is -2.04. The third kappa shape index (κ3) is 3.47. The van der Waals surface area contributed by atoms with E-state index in [4.69, 9.17) is 0 Å². The molecule has 1 heterocycles. The molecule has 1 aromatic heterocycles. The number of aromatic nitrogens is 2. The van der Waals surface area contributed by atoms with Gasteiger partial charge in [-0.1, -0.05) is 36.9 Å². The molecule has 0 aliphatic rings. The van der Waals surface area contributed by atoms with Crippen LogP contribution in [0.1, 0.15) is 24.7 Å². The van der Waals surface area contributed by atoms with Crippen molar-refractivity contribution in [2.45, 2.75) is 36.6 Å². The highest BCUT2D eigenvalue weighted by atomic mass is 32.2. The van der Waals surface area contributed by atoms with Crippen LogP contribution in [0.25, 0.3) is 0 Å². The van der Waals surface area contributed by atoms with Crippen LogP contribution in [0.4, 0.5) is 5.82 Å². The first-order chi connectivity index (χ1) is 9.24. The van der Waals surface area contributed by atoms with Gasteiger partial charge < -0.3 is 5.32 Å². The number of anilines is 1. The molecule has 0 atom stereocenters. The van der Waals surface area contributed by atoms with Crippen molar-refractivity contribution in [2.75, 3.05) is 12.4 Å². The lowest BCUT2D eigenvalue weighted by Gasteiger charge is -2.11. The minimum Gasteiger partial charge on any atom is -0.373 e. The normalized spacial score (nSPS) is 10.5. The fourth-order valence-electron chi connectivity index (χ4n) is 1.82. The van der Waals surface area contributed by atoms with Crippen molar-refractivity contribution in [3.63, 3.8) is 0 Å². The Hall–Kier alpha value is -1.55. The zero-order valence-electron chi connectivity index (χ0n) is 11.6. The van der Waals surface area contributed by atoms with Crippen molar-refractivity contribution < 1.29 is 0 Å². The molecule has 0 radical (unpaired) electrons. The summed E-state index contributed by atoms with van der Waals surface area (Å²) >= 11 is 1.69. The van der Waals surface area contributed by atoms with Gasteiger partial charge in [-0.25, -0.2) is 9.97 Å². The van der Waals surface area contributed by atoms with Crippen LogP contribution in [-0.2, 0) is 6.42 Å². The summed E-state index contributed by atoms with van der Waals surface area (Å²) in [5.41, 5.74) is 1.11. The molecule has 3 nitrogen and oxygen atoms in total. The Morgan fingerprint density at radius 1 is 1.16 bits per heavy atom. The highest BCUT2D eigenvalue weighted by molar-refractivity contribution is 7.99. The largest absolute Gasteiger partial charge is 0.373 e. The predicted molar refractivity (Wildman–Crippen MR) is 80.9 cm³/mol. The average Bonchev–Trinajstić information content (AvgIpc) is 2.43. The van der Waals surface area contributed by atoms with Gasteiger partial charge in [0.1, 0.15) is 16.7 Å². The van der Waals surface area contributed by atoms with Crippen molar-refractivity contribution >= 4 is 17.6 Å². The molecule has 0 bridgehead atoms. The van der Waals surface area contributed by atoms with Crippen LogP contribution in [-0.4, -0.2) is 17.0 Å². The number of nitrogens with zero attached hydrogens (tertiary/aromatic N) is 2. The van der Waals surface area contributed by atoms with Crippen molar-refractivity contribution in [3.8, 4) is 0 Å². The molecule has 19 heavy (non-hydrogen) atoms. The summed E-state index contributed by atoms with van der Waals surface area (Å²) in [6.07, 6.45) is 1.97. The van der Waals surface area contributed by atoms with Crippen LogP contribution in [0.3, 0.4) is 0 Å². The third-order valence-electron chi connectivity index (χ3n) is 2.82. The molecule has 1 aromatic carbocycles. The van der Waals surface area contributed by atoms with Crippen LogP contribution in [0, 0.1) is 6.92 Å². The minimum absolute atomic E-state index is 0.913. The molecular weight excluding hydrogens is 254 g/mol. The van der Waals surface area contributed by atoms with Gasteiger partial charge in [0.15, 0.2) is 0 Å². The lowest BCUT2D eigenvalue weighted by molar-refractivity contribution is 0.804. The Morgan fingerprint density at radius 2 is 1.89 bits per heavy atom. The van der Waals surface area contributed by atoms with Crippen LogP contribution < -0.4 is 5.32 Å². The maximum Gasteiger partial charge on any atom is 0.133 e. The van der Waals surface area contributed by atoms with Gasteiger partial charge in [0.05, 0.1) is 0 Å². The fraction of sp³-hybridized carbons (Fsp3) is 0.333. The monoisotopic (exact) mass is 273 g/mol. The molecule has 100 valence electrons. The topological polar surface area (TPSA) is 37.8 Å². The van der Waals surface area contributed by atoms with Gasteiger partial charge in [-0.2, -0.15) is 0 Å². The van der Waals surface area contributed by atoms with Gasteiger partial charge in [0.25, 0.3) is 0 Å². The molecule has 0 fully saturated rings. The summed E-state index contributed by atoms with van der Waals surface area (Å²) in [6.45, 7) is 4.21. The molecule has 0 spiro atoms. The Labute approximate surface area is 118 Å². The molecule has 2 rings (SSSR count). The minimum atomic E-state index is 0.913. The van der Waals surface area contributed by atoms with E-state index in [0.29, 0.717) is 0 Å². The quantitative estimate of drug-likeness (QED) is 0.838. The third-order valence-corrected chi connectivity index (χ3v) is 3.91. The molecule has 0 saturated carbocycles. The zero-order valence-corrected chi connectivity index (χ0v) is 12.4. The van der Waals surface area contributed by atoms with Gasteiger partial charge >= 0.3 is 0 Å². The number of rotatable bonds is 5. The van der Waals surface area contributed by atoms with E-state index in [1.165, 1.54) is 4.90 Å². The SMILES string of the molecule is CCCc1nc(NC)c(C)c(Sc2ccccc2)n1. The highest BCUT2D eigenvalue weighted by Crippen LogP contribution is 2.31. The second-order valence-corrected chi connectivity index (χ2v) is 5.40. The molecule has 0 unspecified atom stereocenters. The zero-order chi connectivity index (χ0) is 13.7. The van der Waals surface area contributed by atoms with Gasteiger partial charge in [0, 0.05) is 23.9 Å². The summed E-state index contributed by atoms with van der Waals surface area (Å²) in [5.74, 6) is 1.84. The summed E-state index contributed by atoms with van der Waals surface area (Å²) in [7, 11) is 1.90. The second kappa shape index (κ2) is 6.57. The Kier molecular flexibility index (Phi) is 4.80. The van der Waals surface area contributed by atoms with E-state index >= 15 is 0 Å². The van der Waals surface area contributed by atoms with E-state index in [1.807, 2.05) is 25.2 Å². The molecular formula is C15H19N3S. The van der Waals surface area contributed by atoms with E-state index < -0.39 is 0 Å². The standard InChI is InChI=1S/C15H19N3S/c1-4-8-13-17-14(16-3)11(2)15(18-13)19-12-9-6-5-7-10-12/h5-7,9-10H,4,8H2,1-3H3,(H,16,17,18). The van der Waals surface area contributed by atoms with E-state index in [1.54, 1.807) is 11.8 Å². The number of nitrogens with one attached hydrogen (secondary N) is 1. The van der Waals surface area contributed by atoms with E-state index in [0.717, 1.165) is 35.1 Å². The molecule has 0 aliphatic heterocycles. The number of hydrogen-bond acceptors (Lipinski definition) is 4. The Morgan fingerprint density at radius 3 is 2.53 bits per heavy atom. The highest BCUT2D eigenvalue weighted by Gasteiger charge is 2.10. The first kappa shape index (κ1) is 13.9. The van der Waals surface area contributed by atoms with Crippen molar-refractivity contribution in [1.29, 1.82) is 0 Å². The molecule has 2 aromatic rings. The Balaban J connectivity index is 2.35. The number of benzene rings is 1. The molecule has 0 amide bonds. The smallest absolute Gasteiger partial charge is 0.133 e. The number of aryl methyl sites for hydroxylation is 1. The van der Waals surface area contributed by atoms with Crippen LogP contribution in [0.15, 0.2) is 40.3 Å². The average molecular weight is 273 g/mol. The molecule has 4 heteroatoms. The summed E-state index contributed by atoms with van der Waals surface area (Å²) < 4.78 is 0. The summed E-state index contributed by atoms with van der Waals surface area (Å²) in [6, 6.07) is 10.3. The predicted octanol–water partition coefficient (Wildman–Crippen LogP) is 3.93. The first-order valence-electron chi connectivity index (χ1n) is 6.52. The van der Waals surface area contributed by atoms with Crippen molar-refractivity contribution in [3.05, 3.63) is 41.7 Å². The maximum atomic E-state index is 4.68. The van der Waals surface area contributed by atoms with Crippen LogP contribution >= 0.6 is 11.8 Å². The van der Waals surface area contributed by atoms with Gasteiger partial charge in [-0.15, -0.1) is 0 Å². The molecule has 0 saturated heterocycles. The second-order valence-electron chi connectivity index (χ2n) is 4.33. The van der Waals surface area contributed by atoms with Crippen molar-refractivity contribution in [2.24, 2.45) is 0 Å². The van der Waals surface area contributed by atoms with Gasteiger partial charge in [0.2, 0.25) is 0 Å². The van der Waals surface area contributed by atoms with Crippen molar-refractivity contribution in [1.82, 2.24) is 9.97 Å². The fourth-order valence-corrected chi connectivity index (χ4v) is 2.74. The van der Waals surface area contributed by atoms with E-state index in [9.17, 15) is 0 Å². The first-order valence-corrected chi connectivity index (χ1v) is 7.34. The number of hydrogen-bond donors (Lipinski definition) is 1. The van der Waals surface area contributed by atoms with Gasteiger partial charge in [-0.3, -0.25) is 0 Å². The molecule has 1 N–H and O–H groups in total. The summed E-state index contributed by atoms with van der Waals surface area (Å²) in [5, 5.41) is 4.19. The molecule has 0 aliphatic carbocycles. The van der Waals surface area contributed by atoms with E-state index in [-0.39, 0.29) is 0 Å². The maximum absolute atomic E-state index is 4.68. The lowest BCUT2D eigenvalue weighted by atomic mass is 10.3. The van der Waals surface area contributed by atoms with Crippen LogP contribution in [0.2, 0.25) is 0 Å². The van der Waals surface area contributed by atoms with E-state index in [2.05, 4.69) is 41.3 Å². The summed E-state index contributed by atoms with van der Waals surface area (Å²) in [4.78, 5) is 10.4. The van der Waals surface area contributed by atoms with Gasteiger partial charge in [-0.05, 0) is 25.5 Å². The van der Waals surface area contributed by atoms with Crippen LogP contribution in [0.5, 0.6) is 0 Å².